The van der Waals surface area contributed by atoms with Crippen molar-refractivity contribution in [2.45, 2.75) is 25.6 Å². The third-order valence-electron chi connectivity index (χ3n) is 2.62. The van der Waals surface area contributed by atoms with E-state index in [1.807, 2.05) is 36.2 Å². The van der Waals surface area contributed by atoms with E-state index in [1.54, 1.807) is 6.92 Å². The Hall–Kier alpha value is -0.420. The first-order valence-electron chi connectivity index (χ1n) is 5.79. The predicted octanol–water partition coefficient (Wildman–Crippen LogP) is 2.19. The largest absolute Gasteiger partial charge is 0.392 e. The zero-order valence-electron chi connectivity index (χ0n) is 10.3. The van der Waals surface area contributed by atoms with E-state index in [4.69, 9.17) is 0 Å². The molecule has 0 aliphatic heterocycles. The maximum absolute atomic E-state index is 10.1. The molecule has 1 rings (SSSR count). The maximum Gasteiger partial charge on any atom is 0.0813 e. The molecule has 4 heteroatoms. The molecule has 3 nitrogen and oxygen atoms in total. The third-order valence-corrected chi connectivity index (χ3v) is 3.35. The van der Waals surface area contributed by atoms with Gasteiger partial charge in [0.2, 0.25) is 0 Å². The summed E-state index contributed by atoms with van der Waals surface area (Å²) < 4.78 is 0.936. The van der Waals surface area contributed by atoms with Crippen LogP contribution in [-0.2, 0) is 0 Å². The molecule has 0 amide bonds. The summed E-state index contributed by atoms with van der Waals surface area (Å²) in [5.74, 6) is 0. The number of hydrogen-bond acceptors (Lipinski definition) is 3. The van der Waals surface area contributed by atoms with Crippen LogP contribution < -0.4 is 0 Å². The van der Waals surface area contributed by atoms with Gasteiger partial charge < -0.3 is 15.1 Å². The standard InChI is InChI=1S/C13H20BrNO2/c1-10(16)9-15(2)8-7-13(17)11-5-3-4-6-12(11)14/h3-6,10,13,16-17H,7-9H2,1-2H3. The second-order valence-corrected chi connectivity index (χ2v) is 5.29. The normalized spacial score (nSPS) is 14.9. The average Bonchev–Trinajstić information content (AvgIpc) is 2.25. The van der Waals surface area contributed by atoms with Crippen LogP contribution in [0.1, 0.15) is 25.0 Å². The first-order chi connectivity index (χ1) is 8.00. The molecule has 2 unspecified atom stereocenters. The lowest BCUT2D eigenvalue weighted by Gasteiger charge is -2.20. The number of aliphatic hydroxyl groups is 2. The van der Waals surface area contributed by atoms with Crippen LogP contribution in [0, 0.1) is 0 Å². The molecule has 0 radical (unpaired) electrons. The van der Waals surface area contributed by atoms with Gasteiger partial charge in [-0.1, -0.05) is 34.1 Å². The SMILES string of the molecule is CC(O)CN(C)CCC(O)c1ccccc1Br. The van der Waals surface area contributed by atoms with Gasteiger partial charge in [-0.3, -0.25) is 0 Å². The van der Waals surface area contributed by atoms with Crippen molar-refractivity contribution in [2.24, 2.45) is 0 Å². The molecular formula is C13H20BrNO2. The summed E-state index contributed by atoms with van der Waals surface area (Å²) in [6.45, 7) is 3.15. The van der Waals surface area contributed by atoms with Crippen LogP contribution in [0.2, 0.25) is 0 Å². The molecule has 96 valence electrons. The van der Waals surface area contributed by atoms with Crippen molar-refractivity contribution in [3.05, 3.63) is 34.3 Å². The summed E-state index contributed by atoms with van der Waals surface area (Å²) in [7, 11) is 1.94. The number of aliphatic hydroxyl groups excluding tert-OH is 2. The fraction of sp³-hybridized carbons (Fsp3) is 0.538. The van der Waals surface area contributed by atoms with Gasteiger partial charge in [-0.2, -0.15) is 0 Å². The van der Waals surface area contributed by atoms with Crippen LogP contribution >= 0.6 is 15.9 Å². The molecule has 0 aliphatic carbocycles. The molecule has 0 saturated heterocycles. The minimum Gasteiger partial charge on any atom is -0.392 e. The van der Waals surface area contributed by atoms with Crippen molar-refractivity contribution in [1.29, 1.82) is 0 Å². The Morgan fingerprint density at radius 2 is 1.94 bits per heavy atom. The first-order valence-corrected chi connectivity index (χ1v) is 6.59. The third kappa shape index (κ3) is 5.17. The molecule has 0 bridgehead atoms. The van der Waals surface area contributed by atoms with E-state index >= 15 is 0 Å². The molecular weight excluding hydrogens is 282 g/mol. The fourth-order valence-corrected chi connectivity index (χ4v) is 2.33. The van der Waals surface area contributed by atoms with Gasteiger partial charge in [-0.05, 0) is 32.0 Å². The van der Waals surface area contributed by atoms with Gasteiger partial charge in [0.15, 0.2) is 0 Å². The summed E-state index contributed by atoms with van der Waals surface area (Å²) >= 11 is 3.43. The molecule has 2 N–H and O–H groups in total. The summed E-state index contributed by atoms with van der Waals surface area (Å²) in [5, 5.41) is 19.3. The lowest BCUT2D eigenvalue weighted by molar-refractivity contribution is 0.115. The highest BCUT2D eigenvalue weighted by Gasteiger charge is 2.12. The van der Waals surface area contributed by atoms with Crippen molar-refractivity contribution < 1.29 is 10.2 Å². The van der Waals surface area contributed by atoms with E-state index in [0.29, 0.717) is 13.0 Å². The zero-order chi connectivity index (χ0) is 12.8. The van der Waals surface area contributed by atoms with Crippen LogP contribution in [-0.4, -0.2) is 41.4 Å². The second-order valence-electron chi connectivity index (χ2n) is 4.44. The number of nitrogens with zero attached hydrogens (tertiary/aromatic N) is 1. The van der Waals surface area contributed by atoms with Crippen molar-refractivity contribution in [2.75, 3.05) is 20.1 Å². The van der Waals surface area contributed by atoms with Crippen molar-refractivity contribution in [3.8, 4) is 0 Å². The van der Waals surface area contributed by atoms with E-state index in [-0.39, 0.29) is 6.10 Å². The Morgan fingerprint density at radius 3 is 2.53 bits per heavy atom. The quantitative estimate of drug-likeness (QED) is 0.846. The van der Waals surface area contributed by atoms with Crippen LogP contribution in [0.3, 0.4) is 0 Å². The van der Waals surface area contributed by atoms with Gasteiger partial charge in [0.1, 0.15) is 0 Å². The predicted molar refractivity (Wildman–Crippen MR) is 72.9 cm³/mol. The summed E-state index contributed by atoms with van der Waals surface area (Å²) in [4.78, 5) is 2.02. The number of halogens is 1. The lowest BCUT2D eigenvalue weighted by Crippen LogP contribution is -2.29. The van der Waals surface area contributed by atoms with Crippen molar-refractivity contribution in [1.82, 2.24) is 4.90 Å². The second kappa shape index (κ2) is 7.11. The minimum atomic E-state index is -0.470. The van der Waals surface area contributed by atoms with Gasteiger partial charge >= 0.3 is 0 Å². The fourth-order valence-electron chi connectivity index (χ4n) is 1.79. The Bertz CT molecular complexity index is 344. The Labute approximate surface area is 111 Å². The van der Waals surface area contributed by atoms with Crippen LogP contribution in [0.5, 0.6) is 0 Å². The monoisotopic (exact) mass is 301 g/mol. The molecule has 0 aromatic heterocycles. The van der Waals surface area contributed by atoms with E-state index < -0.39 is 6.10 Å². The van der Waals surface area contributed by atoms with Crippen LogP contribution in [0.4, 0.5) is 0 Å². The summed E-state index contributed by atoms with van der Waals surface area (Å²) in [6.07, 6.45) is -0.145. The molecule has 0 aliphatic rings. The molecule has 0 fully saturated rings. The highest BCUT2D eigenvalue weighted by Crippen LogP contribution is 2.25. The minimum absolute atomic E-state index is 0.333. The number of benzene rings is 1. The van der Waals surface area contributed by atoms with E-state index in [1.165, 1.54) is 0 Å². The number of hydrogen-bond donors (Lipinski definition) is 2. The highest BCUT2D eigenvalue weighted by molar-refractivity contribution is 9.10. The molecule has 0 heterocycles. The van der Waals surface area contributed by atoms with Gasteiger partial charge in [-0.15, -0.1) is 0 Å². The maximum atomic E-state index is 10.1. The Balaban J connectivity index is 2.45. The summed E-state index contributed by atoms with van der Waals surface area (Å²) in [6, 6.07) is 7.70. The number of likely N-dealkylation sites (N-methyl/N-ethyl adjacent to an activating group) is 1. The van der Waals surface area contributed by atoms with E-state index in [2.05, 4.69) is 15.9 Å². The molecule has 2 atom stereocenters. The Morgan fingerprint density at radius 1 is 1.29 bits per heavy atom. The van der Waals surface area contributed by atoms with Crippen LogP contribution in [0.15, 0.2) is 28.7 Å². The molecule has 17 heavy (non-hydrogen) atoms. The number of rotatable bonds is 6. The average molecular weight is 302 g/mol. The van der Waals surface area contributed by atoms with E-state index in [9.17, 15) is 10.2 Å². The Kier molecular flexibility index (Phi) is 6.12. The highest BCUT2D eigenvalue weighted by atomic mass is 79.9. The van der Waals surface area contributed by atoms with Crippen molar-refractivity contribution >= 4 is 15.9 Å². The van der Waals surface area contributed by atoms with Gasteiger partial charge in [0.05, 0.1) is 12.2 Å². The lowest BCUT2D eigenvalue weighted by atomic mass is 10.1. The molecule has 1 aromatic carbocycles. The van der Waals surface area contributed by atoms with E-state index in [0.717, 1.165) is 16.6 Å². The van der Waals surface area contributed by atoms with Gasteiger partial charge in [0.25, 0.3) is 0 Å². The smallest absolute Gasteiger partial charge is 0.0813 e. The summed E-state index contributed by atoms with van der Waals surface area (Å²) in [5.41, 5.74) is 0.915. The molecule has 1 aromatic rings. The molecule has 0 spiro atoms. The molecule has 0 saturated carbocycles. The topological polar surface area (TPSA) is 43.7 Å². The van der Waals surface area contributed by atoms with Gasteiger partial charge in [-0.25, -0.2) is 0 Å². The van der Waals surface area contributed by atoms with Crippen molar-refractivity contribution in [3.63, 3.8) is 0 Å². The van der Waals surface area contributed by atoms with Gasteiger partial charge in [0, 0.05) is 17.6 Å². The van der Waals surface area contributed by atoms with Crippen LogP contribution in [0.25, 0.3) is 0 Å². The first kappa shape index (κ1) is 14.6. The zero-order valence-corrected chi connectivity index (χ0v) is 11.9.